The molecule has 2 N–H and O–H groups in total. The van der Waals surface area contributed by atoms with E-state index in [1.165, 1.54) is 23.3 Å². The molecule has 4 unspecified atom stereocenters. The number of aliphatic hydroxyl groups excluding tert-OH is 2. The van der Waals surface area contributed by atoms with Gasteiger partial charge in [-0.3, -0.25) is 4.84 Å². The number of ether oxygens (including phenoxy) is 1. The van der Waals surface area contributed by atoms with Crippen LogP contribution in [0.15, 0.2) is 48.5 Å². The normalized spacial score (nSPS) is 26.9. The van der Waals surface area contributed by atoms with Crippen molar-refractivity contribution in [3.63, 3.8) is 0 Å². The molecule has 29 heavy (non-hydrogen) atoms. The lowest BCUT2D eigenvalue weighted by Crippen LogP contribution is -2.43. The largest absolute Gasteiger partial charge is 0.394 e. The maximum atomic E-state index is 13.1. The molecule has 2 aliphatic heterocycles. The van der Waals surface area contributed by atoms with E-state index in [0.29, 0.717) is 19.4 Å². The van der Waals surface area contributed by atoms with Crippen LogP contribution >= 0.6 is 0 Å². The third-order valence-corrected chi connectivity index (χ3v) is 5.75. The Kier molecular flexibility index (Phi) is 6.45. The summed E-state index contributed by atoms with van der Waals surface area (Å²) in [6.45, 7) is 0.582. The molecule has 0 saturated carbocycles. The SMILES string of the molecule is OCC1CC(O)CC(CCCc2ccc(C3CON3c3ccc(F)cc3)cc2)O1. The minimum Gasteiger partial charge on any atom is -0.394 e. The molecule has 2 saturated heterocycles. The molecule has 0 bridgehead atoms. The van der Waals surface area contributed by atoms with Crippen LogP contribution in [0.1, 0.15) is 42.9 Å². The van der Waals surface area contributed by atoms with Crippen LogP contribution in [0.3, 0.4) is 0 Å². The van der Waals surface area contributed by atoms with Gasteiger partial charge in [-0.1, -0.05) is 24.3 Å². The van der Waals surface area contributed by atoms with Gasteiger partial charge in [0.25, 0.3) is 0 Å². The first-order valence-electron chi connectivity index (χ1n) is 10.3. The molecule has 5 nitrogen and oxygen atoms in total. The Morgan fingerprint density at radius 2 is 1.72 bits per heavy atom. The van der Waals surface area contributed by atoms with E-state index in [4.69, 9.17) is 9.57 Å². The molecule has 2 fully saturated rings. The van der Waals surface area contributed by atoms with Gasteiger partial charge in [-0.2, -0.15) is 0 Å². The number of rotatable bonds is 7. The standard InChI is InChI=1S/C23H28FNO4/c24-18-8-10-19(11-9-18)25-23(15-28-25)17-6-4-16(5-7-17)2-1-3-21-12-20(27)13-22(14-26)29-21/h4-11,20-23,26-27H,1-3,12-15H2. The monoisotopic (exact) mass is 401 g/mol. The van der Waals surface area contributed by atoms with Crippen LogP contribution in [0.5, 0.6) is 0 Å². The Morgan fingerprint density at radius 1 is 1.00 bits per heavy atom. The fourth-order valence-corrected chi connectivity index (χ4v) is 4.13. The second-order valence-electron chi connectivity index (χ2n) is 7.94. The van der Waals surface area contributed by atoms with Crippen molar-refractivity contribution in [3.8, 4) is 0 Å². The maximum Gasteiger partial charge on any atom is 0.123 e. The van der Waals surface area contributed by atoms with Crippen LogP contribution in [-0.2, 0) is 16.0 Å². The van der Waals surface area contributed by atoms with Crippen molar-refractivity contribution < 1.29 is 24.2 Å². The molecule has 2 heterocycles. The number of halogens is 1. The van der Waals surface area contributed by atoms with Gasteiger partial charge in [0.05, 0.1) is 30.6 Å². The van der Waals surface area contributed by atoms with E-state index in [-0.39, 0.29) is 36.8 Å². The molecular weight excluding hydrogens is 373 g/mol. The Bertz CT molecular complexity index is 782. The molecule has 0 amide bonds. The minimum atomic E-state index is -0.376. The number of aliphatic hydroxyl groups is 2. The fourth-order valence-electron chi connectivity index (χ4n) is 4.13. The number of hydrogen-bond acceptors (Lipinski definition) is 5. The lowest BCUT2D eigenvalue weighted by molar-refractivity contribution is -0.114. The summed E-state index contributed by atoms with van der Waals surface area (Å²) in [4.78, 5) is 5.57. The smallest absolute Gasteiger partial charge is 0.123 e. The summed E-state index contributed by atoms with van der Waals surface area (Å²) in [7, 11) is 0. The van der Waals surface area contributed by atoms with Crippen molar-refractivity contribution >= 4 is 5.69 Å². The van der Waals surface area contributed by atoms with Crippen LogP contribution in [-0.4, -0.2) is 41.7 Å². The van der Waals surface area contributed by atoms with Gasteiger partial charge < -0.3 is 14.9 Å². The minimum absolute atomic E-state index is 0.0200. The van der Waals surface area contributed by atoms with E-state index in [1.807, 2.05) is 5.06 Å². The summed E-state index contributed by atoms with van der Waals surface area (Å²) in [6.07, 6.45) is 3.38. The molecule has 0 radical (unpaired) electrons. The van der Waals surface area contributed by atoms with Crippen LogP contribution in [0.25, 0.3) is 0 Å². The zero-order valence-electron chi connectivity index (χ0n) is 16.4. The average Bonchev–Trinajstić information content (AvgIpc) is 2.70. The summed E-state index contributed by atoms with van der Waals surface area (Å²) < 4.78 is 18.9. The Balaban J connectivity index is 1.28. The number of benzene rings is 2. The van der Waals surface area contributed by atoms with Crippen molar-refractivity contribution in [2.24, 2.45) is 0 Å². The van der Waals surface area contributed by atoms with Gasteiger partial charge >= 0.3 is 0 Å². The summed E-state index contributed by atoms with van der Waals surface area (Å²) >= 11 is 0. The first-order chi connectivity index (χ1) is 14.1. The third-order valence-electron chi connectivity index (χ3n) is 5.75. The predicted molar refractivity (Wildman–Crippen MR) is 108 cm³/mol. The molecule has 4 rings (SSSR count). The average molecular weight is 401 g/mol. The van der Waals surface area contributed by atoms with Crippen molar-refractivity contribution in [2.75, 3.05) is 18.3 Å². The van der Waals surface area contributed by atoms with Crippen molar-refractivity contribution in [3.05, 3.63) is 65.5 Å². The van der Waals surface area contributed by atoms with Crippen LogP contribution in [0, 0.1) is 5.82 Å². The molecule has 156 valence electrons. The topological polar surface area (TPSA) is 62.2 Å². The van der Waals surface area contributed by atoms with E-state index in [1.54, 1.807) is 12.1 Å². The zero-order chi connectivity index (χ0) is 20.2. The number of anilines is 1. The van der Waals surface area contributed by atoms with Crippen LogP contribution in [0.4, 0.5) is 10.1 Å². The molecule has 0 spiro atoms. The molecule has 2 aliphatic rings. The number of nitrogens with zero attached hydrogens (tertiary/aromatic N) is 1. The summed E-state index contributed by atoms with van der Waals surface area (Å²) in [6, 6.07) is 15.0. The molecule has 0 aromatic heterocycles. The van der Waals surface area contributed by atoms with E-state index in [9.17, 15) is 14.6 Å². The molecule has 2 aromatic carbocycles. The van der Waals surface area contributed by atoms with Gasteiger partial charge in [-0.05, 0) is 61.1 Å². The highest BCUT2D eigenvalue weighted by Gasteiger charge is 2.31. The van der Waals surface area contributed by atoms with Gasteiger partial charge in [0.15, 0.2) is 0 Å². The molecular formula is C23H28FNO4. The molecule has 0 aliphatic carbocycles. The summed E-state index contributed by atoms with van der Waals surface area (Å²) in [5.41, 5.74) is 3.29. The first kappa shape index (κ1) is 20.3. The van der Waals surface area contributed by atoms with Crippen molar-refractivity contribution in [2.45, 2.75) is 56.5 Å². The van der Waals surface area contributed by atoms with Gasteiger partial charge in [0.2, 0.25) is 0 Å². The lowest BCUT2D eigenvalue weighted by atomic mass is 9.96. The van der Waals surface area contributed by atoms with Gasteiger partial charge in [-0.25, -0.2) is 9.45 Å². The highest BCUT2D eigenvalue weighted by molar-refractivity contribution is 5.48. The number of hydrogen-bond donors (Lipinski definition) is 2. The zero-order valence-corrected chi connectivity index (χ0v) is 16.4. The van der Waals surface area contributed by atoms with E-state index in [2.05, 4.69) is 24.3 Å². The second-order valence-corrected chi connectivity index (χ2v) is 7.94. The molecule has 6 heteroatoms. The van der Waals surface area contributed by atoms with Crippen molar-refractivity contribution in [1.29, 1.82) is 0 Å². The Labute approximate surface area is 170 Å². The highest BCUT2D eigenvalue weighted by atomic mass is 19.1. The van der Waals surface area contributed by atoms with Gasteiger partial charge in [0, 0.05) is 6.42 Å². The molecule has 2 aromatic rings. The van der Waals surface area contributed by atoms with E-state index >= 15 is 0 Å². The lowest BCUT2D eigenvalue weighted by Gasteiger charge is -2.41. The quantitative estimate of drug-likeness (QED) is 0.743. The summed E-state index contributed by atoms with van der Waals surface area (Å²) in [5.74, 6) is -0.254. The van der Waals surface area contributed by atoms with Gasteiger partial charge in [0.1, 0.15) is 18.5 Å². The molecule has 4 atom stereocenters. The predicted octanol–water partition coefficient (Wildman–Crippen LogP) is 3.54. The van der Waals surface area contributed by atoms with Crippen LogP contribution in [0.2, 0.25) is 0 Å². The maximum absolute atomic E-state index is 13.1. The van der Waals surface area contributed by atoms with Crippen LogP contribution < -0.4 is 5.06 Å². The van der Waals surface area contributed by atoms with Crippen molar-refractivity contribution in [1.82, 2.24) is 0 Å². The first-order valence-corrected chi connectivity index (χ1v) is 10.3. The number of hydroxylamine groups is 1. The van der Waals surface area contributed by atoms with Gasteiger partial charge in [-0.15, -0.1) is 0 Å². The second kappa shape index (κ2) is 9.22. The van der Waals surface area contributed by atoms with E-state index in [0.717, 1.165) is 24.9 Å². The fraction of sp³-hybridized carbons (Fsp3) is 0.478. The van der Waals surface area contributed by atoms with E-state index < -0.39 is 0 Å². The Hall–Kier alpha value is -1.99. The Morgan fingerprint density at radius 3 is 2.38 bits per heavy atom. The summed E-state index contributed by atoms with van der Waals surface area (Å²) in [5, 5.41) is 21.0. The highest BCUT2D eigenvalue weighted by Crippen LogP contribution is 2.35. The number of aryl methyl sites for hydroxylation is 1. The third kappa shape index (κ3) is 4.95.